The zero-order valence-electron chi connectivity index (χ0n) is 15.0. The van der Waals surface area contributed by atoms with Gasteiger partial charge in [0.1, 0.15) is 19.0 Å². The normalized spacial score (nSPS) is 22.6. The van der Waals surface area contributed by atoms with E-state index in [0.29, 0.717) is 18.4 Å². The van der Waals surface area contributed by atoms with Gasteiger partial charge in [-0.15, -0.1) is 0 Å². The SMILES string of the molecule is O=C(OCCOc1ccnc2ccccc12)C1c2ccccc2C2CC1C2. The van der Waals surface area contributed by atoms with Crippen molar-refractivity contribution in [1.29, 1.82) is 0 Å². The number of aromatic nitrogens is 1. The molecule has 4 heteroatoms. The number of nitrogens with zero attached hydrogens (tertiary/aromatic N) is 1. The van der Waals surface area contributed by atoms with Crippen LogP contribution >= 0.6 is 0 Å². The van der Waals surface area contributed by atoms with E-state index in [-0.39, 0.29) is 18.5 Å². The summed E-state index contributed by atoms with van der Waals surface area (Å²) in [4.78, 5) is 17.1. The Kier molecular flexibility index (Phi) is 4.04. The van der Waals surface area contributed by atoms with Gasteiger partial charge < -0.3 is 9.47 Å². The molecule has 0 amide bonds. The first-order valence-electron chi connectivity index (χ1n) is 9.53. The zero-order valence-corrected chi connectivity index (χ0v) is 15.0. The van der Waals surface area contributed by atoms with Gasteiger partial charge in [0.25, 0.3) is 0 Å². The maximum absolute atomic E-state index is 12.7. The van der Waals surface area contributed by atoms with Gasteiger partial charge in [0, 0.05) is 11.6 Å². The van der Waals surface area contributed by atoms with Crippen LogP contribution in [-0.4, -0.2) is 24.2 Å². The zero-order chi connectivity index (χ0) is 18.2. The Balaban J connectivity index is 1.22. The van der Waals surface area contributed by atoms with Crippen LogP contribution in [0.15, 0.2) is 60.8 Å². The number of carbonyl (C=O) groups excluding carboxylic acids is 1. The van der Waals surface area contributed by atoms with Crippen molar-refractivity contribution in [3.8, 4) is 5.75 Å². The smallest absolute Gasteiger partial charge is 0.313 e. The molecule has 2 bridgehead atoms. The van der Waals surface area contributed by atoms with Crippen molar-refractivity contribution >= 4 is 16.9 Å². The number of carbonyl (C=O) groups is 1. The van der Waals surface area contributed by atoms with Gasteiger partial charge in [0.15, 0.2) is 0 Å². The van der Waals surface area contributed by atoms with Crippen molar-refractivity contribution < 1.29 is 14.3 Å². The van der Waals surface area contributed by atoms with Crippen molar-refractivity contribution in [3.63, 3.8) is 0 Å². The van der Waals surface area contributed by atoms with Crippen molar-refractivity contribution in [3.05, 3.63) is 71.9 Å². The van der Waals surface area contributed by atoms with E-state index in [1.807, 2.05) is 36.4 Å². The lowest BCUT2D eigenvalue weighted by Gasteiger charge is -2.46. The fraction of sp³-hybridized carbons (Fsp3) is 0.304. The molecule has 0 saturated heterocycles. The number of hydrogen-bond acceptors (Lipinski definition) is 4. The molecule has 1 fully saturated rings. The topological polar surface area (TPSA) is 48.4 Å². The molecular weight excluding hydrogens is 338 g/mol. The second-order valence-electron chi connectivity index (χ2n) is 7.38. The van der Waals surface area contributed by atoms with Crippen LogP contribution in [0.5, 0.6) is 5.75 Å². The molecule has 1 heterocycles. The highest BCUT2D eigenvalue weighted by Crippen LogP contribution is 2.55. The monoisotopic (exact) mass is 359 g/mol. The van der Waals surface area contributed by atoms with Crippen LogP contribution in [-0.2, 0) is 9.53 Å². The first-order valence-corrected chi connectivity index (χ1v) is 9.53. The highest BCUT2D eigenvalue weighted by Gasteiger charge is 2.47. The Morgan fingerprint density at radius 1 is 0.963 bits per heavy atom. The average Bonchev–Trinajstić information content (AvgIpc) is 2.69. The minimum absolute atomic E-state index is 0.117. The van der Waals surface area contributed by atoms with Crippen molar-refractivity contribution in [1.82, 2.24) is 4.98 Å². The summed E-state index contributed by atoms with van der Waals surface area (Å²) < 4.78 is 11.4. The van der Waals surface area contributed by atoms with Gasteiger partial charge >= 0.3 is 5.97 Å². The third-order valence-corrected chi connectivity index (χ3v) is 5.87. The molecule has 136 valence electrons. The molecule has 3 aliphatic rings. The largest absolute Gasteiger partial charge is 0.489 e. The average molecular weight is 359 g/mol. The fourth-order valence-corrected chi connectivity index (χ4v) is 4.51. The number of benzene rings is 2. The lowest BCUT2D eigenvalue weighted by molar-refractivity contribution is -0.149. The van der Waals surface area contributed by atoms with Crippen LogP contribution in [0.2, 0.25) is 0 Å². The van der Waals surface area contributed by atoms with Crippen LogP contribution in [0, 0.1) is 5.92 Å². The van der Waals surface area contributed by atoms with E-state index in [4.69, 9.17) is 9.47 Å². The van der Waals surface area contributed by atoms with Crippen molar-refractivity contribution in [2.75, 3.05) is 13.2 Å². The summed E-state index contributed by atoms with van der Waals surface area (Å²) in [5.74, 6) is 1.60. The first-order chi connectivity index (χ1) is 13.3. The Morgan fingerprint density at radius 3 is 2.63 bits per heavy atom. The van der Waals surface area contributed by atoms with Crippen molar-refractivity contribution in [2.24, 2.45) is 5.92 Å². The summed E-state index contributed by atoms with van der Waals surface area (Å²) in [6, 6.07) is 18.0. The number of fused-ring (bicyclic) bond motifs is 1. The van der Waals surface area contributed by atoms with Gasteiger partial charge in [-0.05, 0) is 54.0 Å². The van der Waals surface area contributed by atoms with Crippen LogP contribution in [0.1, 0.15) is 35.8 Å². The standard InChI is InChI=1S/C23H21NO3/c25-23(22-16-13-15(14-16)17-5-1-2-6-18(17)22)27-12-11-26-21-9-10-24-20-8-4-3-7-19(20)21/h1-10,15-16,22H,11-14H2. The van der Waals surface area contributed by atoms with Crippen LogP contribution in [0.4, 0.5) is 0 Å². The summed E-state index contributed by atoms with van der Waals surface area (Å²) in [5.41, 5.74) is 3.39. The molecule has 27 heavy (non-hydrogen) atoms. The highest BCUT2D eigenvalue weighted by atomic mass is 16.6. The summed E-state index contributed by atoms with van der Waals surface area (Å²) in [7, 11) is 0. The molecule has 1 unspecified atom stereocenters. The molecule has 0 N–H and O–H groups in total. The Labute approximate surface area is 158 Å². The number of ether oxygens (including phenoxy) is 2. The van der Waals surface area contributed by atoms with E-state index in [1.165, 1.54) is 5.56 Å². The molecular formula is C23H21NO3. The third kappa shape index (κ3) is 2.85. The van der Waals surface area contributed by atoms with Gasteiger partial charge in [-0.2, -0.15) is 0 Å². The predicted molar refractivity (Wildman–Crippen MR) is 103 cm³/mol. The molecule has 4 nitrogen and oxygen atoms in total. The summed E-state index contributed by atoms with van der Waals surface area (Å²) in [6.45, 7) is 0.589. The predicted octanol–water partition coefficient (Wildman–Crippen LogP) is 4.45. The molecule has 0 radical (unpaired) electrons. The fourth-order valence-electron chi connectivity index (χ4n) is 4.51. The molecule has 3 aromatic rings. The van der Waals surface area contributed by atoms with E-state index in [9.17, 15) is 4.79 Å². The summed E-state index contributed by atoms with van der Waals surface area (Å²) >= 11 is 0. The maximum Gasteiger partial charge on any atom is 0.313 e. The van der Waals surface area contributed by atoms with E-state index in [0.717, 1.165) is 35.1 Å². The van der Waals surface area contributed by atoms with E-state index >= 15 is 0 Å². The summed E-state index contributed by atoms with van der Waals surface area (Å²) in [5, 5.41) is 0.966. The second-order valence-corrected chi connectivity index (χ2v) is 7.38. The van der Waals surface area contributed by atoms with Gasteiger partial charge in [-0.25, -0.2) is 0 Å². The van der Waals surface area contributed by atoms with Crippen molar-refractivity contribution in [2.45, 2.75) is 24.7 Å². The molecule has 0 spiro atoms. The minimum Gasteiger partial charge on any atom is -0.489 e. The lowest BCUT2D eigenvalue weighted by atomic mass is 9.57. The van der Waals surface area contributed by atoms with Gasteiger partial charge in [-0.3, -0.25) is 9.78 Å². The van der Waals surface area contributed by atoms with E-state index in [2.05, 4.69) is 23.2 Å². The van der Waals surface area contributed by atoms with E-state index in [1.54, 1.807) is 6.20 Å². The quantitative estimate of drug-likeness (QED) is 0.499. The number of para-hydroxylation sites is 1. The Bertz CT molecular complexity index is 988. The Hall–Kier alpha value is -2.88. The van der Waals surface area contributed by atoms with Crippen LogP contribution in [0.25, 0.3) is 10.9 Å². The number of rotatable bonds is 5. The molecule has 6 rings (SSSR count). The molecule has 0 aliphatic heterocycles. The number of esters is 1. The first kappa shape index (κ1) is 16.3. The molecule has 1 aromatic heterocycles. The number of hydrogen-bond donors (Lipinski definition) is 0. The molecule has 3 aliphatic carbocycles. The van der Waals surface area contributed by atoms with Crippen LogP contribution in [0.3, 0.4) is 0 Å². The van der Waals surface area contributed by atoms with E-state index < -0.39 is 0 Å². The second kappa shape index (κ2) is 6.69. The summed E-state index contributed by atoms with van der Waals surface area (Å²) in [6.07, 6.45) is 3.95. The van der Waals surface area contributed by atoms with Gasteiger partial charge in [-0.1, -0.05) is 36.4 Å². The molecule has 1 atom stereocenters. The van der Waals surface area contributed by atoms with Crippen LogP contribution < -0.4 is 4.74 Å². The van der Waals surface area contributed by atoms with Gasteiger partial charge in [0.2, 0.25) is 0 Å². The molecule has 2 aromatic carbocycles. The molecule has 1 saturated carbocycles. The minimum atomic E-state index is -0.118. The highest BCUT2D eigenvalue weighted by molar-refractivity contribution is 5.84. The Morgan fingerprint density at radius 2 is 1.74 bits per heavy atom. The third-order valence-electron chi connectivity index (χ3n) is 5.87. The van der Waals surface area contributed by atoms with Gasteiger partial charge in [0.05, 0.1) is 11.4 Å². The maximum atomic E-state index is 12.7. The lowest BCUT2D eigenvalue weighted by Crippen LogP contribution is -2.39. The number of pyridine rings is 1.